The molecule has 25 heavy (non-hydrogen) atoms. The Balaban J connectivity index is 1.71. The molecule has 132 valence electrons. The fraction of sp³-hybridized carbons (Fsp3) is 0.389. The summed E-state index contributed by atoms with van der Waals surface area (Å²) in [5, 5.41) is 8.35. The number of thiazole rings is 1. The van der Waals surface area contributed by atoms with E-state index < -0.39 is 0 Å². The number of carbonyl (C=O) groups is 1. The van der Waals surface area contributed by atoms with Crippen molar-refractivity contribution in [2.45, 2.75) is 45.7 Å². The standard InChI is InChI=1S/C18H22N4OS2/c1-12(22-6-5-19-11-22)8-17(23)21-16(9-15-4-7-24-10-15)18-20-13(2)14(3)25-18/h4-7,10-12,16H,8-9H2,1-3H3,(H,21,23)/t12-,16+/m1/s1. The number of aryl methyl sites for hydroxylation is 2. The minimum atomic E-state index is -0.0884. The summed E-state index contributed by atoms with van der Waals surface area (Å²) in [6, 6.07) is 2.09. The van der Waals surface area contributed by atoms with Crippen molar-refractivity contribution in [3.05, 3.63) is 56.7 Å². The maximum absolute atomic E-state index is 12.6. The molecule has 0 aliphatic carbocycles. The Labute approximate surface area is 155 Å². The predicted molar refractivity (Wildman–Crippen MR) is 102 cm³/mol. The topological polar surface area (TPSA) is 59.8 Å². The van der Waals surface area contributed by atoms with Gasteiger partial charge in [-0.2, -0.15) is 11.3 Å². The first-order valence-electron chi connectivity index (χ1n) is 8.24. The quantitative estimate of drug-likeness (QED) is 0.678. The average Bonchev–Trinajstić information content (AvgIpc) is 3.30. The highest BCUT2D eigenvalue weighted by molar-refractivity contribution is 7.11. The van der Waals surface area contributed by atoms with Gasteiger partial charge in [0.1, 0.15) is 5.01 Å². The summed E-state index contributed by atoms with van der Waals surface area (Å²) in [6.07, 6.45) is 6.54. The lowest BCUT2D eigenvalue weighted by atomic mass is 10.1. The van der Waals surface area contributed by atoms with Crippen molar-refractivity contribution < 1.29 is 4.79 Å². The van der Waals surface area contributed by atoms with Gasteiger partial charge in [-0.3, -0.25) is 4.79 Å². The van der Waals surface area contributed by atoms with E-state index in [1.807, 2.05) is 24.6 Å². The molecule has 0 radical (unpaired) electrons. The van der Waals surface area contributed by atoms with Crippen LogP contribution in [0, 0.1) is 13.8 Å². The van der Waals surface area contributed by atoms with Crippen LogP contribution >= 0.6 is 22.7 Å². The monoisotopic (exact) mass is 374 g/mol. The molecule has 3 aromatic rings. The van der Waals surface area contributed by atoms with Gasteiger partial charge < -0.3 is 9.88 Å². The van der Waals surface area contributed by atoms with Crippen molar-refractivity contribution in [1.82, 2.24) is 19.9 Å². The Hall–Kier alpha value is -1.99. The summed E-state index contributed by atoms with van der Waals surface area (Å²) in [5.41, 5.74) is 2.26. The molecule has 0 fully saturated rings. The lowest BCUT2D eigenvalue weighted by Crippen LogP contribution is -2.31. The fourth-order valence-electron chi connectivity index (χ4n) is 2.65. The second kappa shape index (κ2) is 7.93. The maximum Gasteiger partial charge on any atom is 0.222 e. The summed E-state index contributed by atoms with van der Waals surface area (Å²) in [6.45, 7) is 6.11. The predicted octanol–water partition coefficient (Wildman–Crippen LogP) is 4.07. The fourth-order valence-corrected chi connectivity index (χ4v) is 4.30. The van der Waals surface area contributed by atoms with Crippen molar-refractivity contribution in [1.29, 1.82) is 0 Å². The summed E-state index contributed by atoms with van der Waals surface area (Å²) < 4.78 is 1.95. The molecule has 0 aromatic carbocycles. The Morgan fingerprint density at radius 1 is 1.40 bits per heavy atom. The molecule has 5 nitrogen and oxygen atoms in total. The maximum atomic E-state index is 12.6. The molecule has 0 saturated heterocycles. The van der Waals surface area contributed by atoms with E-state index in [0.29, 0.717) is 6.42 Å². The molecule has 2 atom stereocenters. The second-order valence-corrected chi connectivity index (χ2v) is 8.23. The number of imidazole rings is 1. The molecular weight excluding hydrogens is 352 g/mol. The van der Waals surface area contributed by atoms with Crippen molar-refractivity contribution >= 4 is 28.6 Å². The smallest absolute Gasteiger partial charge is 0.222 e. The van der Waals surface area contributed by atoms with Gasteiger partial charge in [0, 0.05) is 36.2 Å². The van der Waals surface area contributed by atoms with E-state index in [9.17, 15) is 4.79 Å². The van der Waals surface area contributed by atoms with Crippen LogP contribution in [-0.4, -0.2) is 20.4 Å². The zero-order valence-corrected chi connectivity index (χ0v) is 16.2. The molecular formula is C18H22N4OS2. The van der Waals surface area contributed by atoms with Crippen LogP contribution in [-0.2, 0) is 11.2 Å². The van der Waals surface area contributed by atoms with E-state index in [1.54, 1.807) is 35.2 Å². The van der Waals surface area contributed by atoms with Crippen molar-refractivity contribution in [2.75, 3.05) is 0 Å². The molecule has 3 aromatic heterocycles. The number of nitrogens with one attached hydrogen (secondary N) is 1. The van der Waals surface area contributed by atoms with Crippen LogP contribution in [0.25, 0.3) is 0 Å². The zero-order valence-electron chi connectivity index (χ0n) is 14.6. The van der Waals surface area contributed by atoms with Gasteiger partial charge in [-0.25, -0.2) is 9.97 Å². The number of amides is 1. The molecule has 3 rings (SSSR count). The van der Waals surface area contributed by atoms with Gasteiger partial charge in [-0.1, -0.05) is 0 Å². The van der Waals surface area contributed by atoms with Crippen LogP contribution in [0.2, 0.25) is 0 Å². The Morgan fingerprint density at radius 3 is 2.84 bits per heavy atom. The van der Waals surface area contributed by atoms with E-state index >= 15 is 0 Å². The SMILES string of the molecule is Cc1nc([C@H](Cc2ccsc2)NC(=O)C[C@@H](C)n2ccnc2)sc1C. The number of nitrogens with zero attached hydrogens (tertiary/aromatic N) is 3. The van der Waals surface area contributed by atoms with Crippen LogP contribution in [0.4, 0.5) is 0 Å². The first kappa shape index (κ1) is 17.8. The van der Waals surface area contributed by atoms with E-state index in [2.05, 4.69) is 39.0 Å². The highest BCUT2D eigenvalue weighted by atomic mass is 32.1. The number of hydrogen-bond acceptors (Lipinski definition) is 5. The van der Waals surface area contributed by atoms with Gasteiger partial charge in [-0.15, -0.1) is 11.3 Å². The lowest BCUT2D eigenvalue weighted by molar-refractivity contribution is -0.122. The minimum Gasteiger partial charge on any atom is -0.346 e. The minimum absolute atomic E-state index is 0.0342. The normalized spacial score (nSPS) is 13.6. The third-order valence-corrected chi connectivity index (χ3v) is 6.13. The largest absolute Gasteiger partial charge is 0.346 e. The van der Waals surface area contributed by atoms with Gasteiger partial charge in [0.05, 0.1) is 18.1 Å². The summed E-state index contributed by atoms with van der Waals surface area (Å²) >= 11 is 3.34. The lowest BCUT2D eigenvalue weighted by Gasteiger charge is -2.18. The van der Waals surface area contributed by atoms with Crippen LogP contribution in [0.15, 0.2) is 35.5 Å². The van der Waals surface area contributed by atoms with Crippen molar-refractivity contribution in [3.63, 3.8) is 0 Å². The summed E-state index contributed by atoms with van der Waals surface area (Å²) in [7, 11) is 0. The molecule has 0 bridgehead atoms. The molecule has 1 N–H and O–H groups in total. The number of carbonyl (C=O) groups excluding carboxylic acids is 1. The first-order valence-corrected chi connectivity index (χ1v) is 10.0. The Bertz CT molecular complexity index is 789. The van der Waals surface area contributed by atoms with Crippen LogP contribution in [0.3, 0.4) is 0 Å². The molecule has 0 spiro atoms. The number of hydrogen-bond donors (Lipinski definition) is 1. The highest BCUT2D eigenvalue weighted by Gasteiger charge is 2.21. The van der Waals surface area contributed by atoms with Crippen molar-refractivity contribution in [2.24, 2.45) is 0 Å². The van der Waals surface area contributed by atoms with Crippen LogP contribution in [0.5, 0.6) is 0 Å². The van der Waals surface area contributed by atoms with E-state index in [-0.39, 0.29) is 18.0 Å². The number of thiophene rings is 1. The number of aromatic nitrogens is 3. The van der Waals surface area contributed by atoms with Gasteiger partial charge in [0.25, 0.3) is 0 Å². The highest BCUT2D eigenvalue weighted by Crippen LogP contribution is 2.26. The van der Waals surface area contributed by atoms with E-state index in [4.69, 9.17) is 0 Å². The van der Waals surface area contributed by atoms with Crippen LogP contribution < -0.4 is 5.32 Å². The summed E-state index contributed by atoms with van der Waals surface area (Å²) in [4.78, 5) is 22.5. The first-order chi connectivity index (χ1) is 12.0. The molecule has 1 amide bonds. The van der Waals surface area contributed by atoms with Crippen molar-refractivity contribution in [3.8, 4) is 0 Å². The third kappa shape index (κ3) is 4.55. The molecule has 0 saturated carbocycles. The van der Waals surface area contributed by atoms with E-state index in [1.165, 1.54) is 10.4 Å². The molecule has 0 unspecified atom stereocenters. The van der Waals surface area contributed by atoms with Gasteiger partial charge in [0.15, 0.2) is 0 Å². The Morgan fingerprint density at radius 2 is 2.24 bits per heavy atom. The number of rotatable bonds is 7. The average molecular weight is 375 g/mol. The van der Waals surface area contributed by atoms with E-state index in [0.717, 1.165) is 17.1 Å². The van der Waals surface area contributed by atoms with Gasteiger partial charge >= 0.3 is 0 Å². The third-order valence-electron chi connectivity index (χ3n) is 4.21. The Kier molecular flexibility index (Phi) is 5.65. The summed E-state index contributed by atoms with van der Waals surface area (Å²) in [5.74, 6) is 0.0342. The van der Waals surface area contributed by atoms with Crippen LogP contribution in [0.1, 0.15) is 46.6 Å². The molecule has 0 aliphatic heterocycles. The molecule has 7 heteroatoms. The zero-order chi connectivity index (χ0) is 17.8. The molecule has 0 aliphatic rings. The molecule has 3 heterocycles. The van der Waals surface area contributed by atoms with Gasteiger partial charge in [-0.05, 0) is 43.2 Å². The second-order valence-electron chi connectivity index (χ2n) is 6.21. The van der Waals surface area contributed by atoms with Gasteiger partial charge in [0.2, 0.25) is 5.91 Å².